The van der Waals surface area contributed by atoms with Crippen LogP contribution in [0, 0.1) is 0 Å². The Bertz CT molecular complexity index is 360. The molecule has 0 aliphatic rings. The molecule has 0 aliphatic carbocycles. The zero-order valence-corrected chi connectivity index (χ0v) is 11.4. The van der Waals surface area contributed by atoms with Gasteiger partial charge < -0.3 is 15.2 Å². The lowest BCUT2D eigenvalue weighted by molar-refractivity contribution is 0.171. The Kier molecular flexibility index (Phi) is 6.06. The molecule has 0 saturated heterocycles. The Morgan fingerprint density at radius 3 is 2.65 bits per heavy atom. The van der Waals surface area contributed by atoms with Crippen LogP contribution in [-0.2, 0) is 0 Å². The van der Waals surface area contributed by atoms with Gasteiger partial charge in [0.15, 0.2) is 0 Å². The molecule has 2 unspecified atom stereocenters. The second-order valence-corrected chi connectivity index (χ2v) is 4.71. The number of nitrogens with one attached hydrogen (secondary N) is 1. The lowest BCUT2D eigenvalue weighted by atomic mass is 10.2. The van der Waals surface area contributed by atoms with E-state index >= 15 is 0 Å². The molecule has 0 aliphatic heterocycles. The summed E-state index contributed by atoms with van der Waals surface area (Å²) in [4.78, 5) is 0. The highest BCUT2D eigenvalue weighted by Crippen LogP contribution is 2.28. The molecule has 0 spiro atoms. The number of halogens is 2. The quantitative estimate of drug-likeness (QED) is 0.840. The van der Waals surface area contributed by atoms with Crippen molar-refractivity contribution in [2.75, 3.05) is 13.2 Å². The third kappa shape index (κ3) is 4.72. The molecule has 1 aromatic carbocycles. The standard InChI is InChI=1S/C12H17Cl2NO2/c1-8(15-5-6-16)9(2)17-12-4-3-10(13)7-11(12)14/h3-4,7-9,15-16H,5-6H2,1-2H3. The summed E-state index contributed by atoms with van der Waals surface area (Å²) in [6.07, 6.45) is -0.0553. The third-order valence-corrected chi connectivity index (χ3v) is 3.02. The van der Waals surface area contributed by atoms with Gasteiger partial charge in [0, 0.05) is 17.6 Å². The highest BCUT2D eigenvalue weighted by molar-refractivity contribution is 6.35. The largest absolute Gasteiger partial charge is 0.488 e. The second kappa shape index (κ2) is 7.07. The minimum Gasteiger partial charge on any atom is -0.488 e. The van der Waals surface area contributed by atoms with E-state index in [-0.39, 0.29) is 18.8 Å². The van der Waals surface area contributed by atoms with Gasteiger partial charge in [-0.15, -0.1) is 0 Å². The lowest BCUT2D eigenvalue weighted by Gasteiger charge is -2.23. The monoisotopic (exact) mass is 277 g/mol. The maximum atomic E-state index is 8.72. The molecule has 0 radical (unpaired) electrons. The maximum Gasteiger partial charge on any atom is 0.138 e. The summed E-state index contributed by atoms with van der Waals surface area (Å²) in [7, 11) is 0. The molecule has 0 bridgehead atoms. The molecule has 96 valence electrons. The molecule has 5 heteroatoms. The molecule has 2 atom stereocenters. The van der Waals surface area contributed by atoms with Crippen molar-refractivity contribution in [1.82, 2.24) is 5.32 Å². The second-order valence-electron chi connectivity index (χ2n) is 3.86. The van der Waals surface area contributed by atoms with Crippen LogP contribution in [0.2, 0.25) is 10.0 Å². The molecule has 0 amide bonds. The number of ether oxygens (including phenoxy) is 1. The van der Waals surface area contributed by atoms with E-state index in [9.17, 15) is 0 Å². The van der Waals surface area contributed by atoms with Crippen LogP contribution >= 0.6 is 23.2 Å². The normalized spacial score (nSPS) is 14.4. The summed E-state index contributed by atoms with van der Waals surface area (Å²) in [5.41, 5.74) is 0. The van der Waals surface area contributed by atoms with Crippen LogP contribution in [0.25, 0.3) is 0 Å². The van der Waals surface area contributed by atoms with Crippen molar-refractivity contribution in [2.24, 2.45) is 0 Å². The SMILES string of the molecule is CC(NCCO)C(C)Oc1ccc(Cl)cc1Cl. The minimum absolute atomic E-state index is 0.0553. The van der Waals surface area contributed by atoms with Gasteiger partial charge >= 0.3 is 0 Å². The Balaban J connectivity index is 2.58. The molecular formula is C12H17Cl2NO2. The van der Waals surface area contributed by atoms with Crippen LogP contribution in [0.1, 0.15) is 13.8 Å². The molecule has 1 aromatic rings. The van der Waals surface area contributed by atoms with Gasteiger partial charge in [0.05, 0.1) is 11.6 Å². The predicted octanol–water partition coefficient (Wildman–Crippen LogP) is 2.73. The van der Waals surface area contributed by atoms with Crippen LogP contribution in [0.15, 0.2) is 18.2 Å². The highest BCUT2D eigenvalue weighted by atomic mass is 35.5. The fraction of sp³-hybridized carbons (Fsp3) is 0.500. The first-order chi connectivity index (χ1) is 8.04. The van der Waals surface area contributed by atoms with Gasteiger partial charge in [0.25, 0.3) is 0 Å². The summed E-state index contributed by atoms with van der Waals surface area (Å²) < 4.78 is 5.72. The van der Waals surface area contributed by atoms with Gasteiger partial charge in [-0.05, 0) is 32.0 Å². The summed E-state index contributed by atoms with van der Waals surface area (Å²) in [5.74, 6) is 0.612. The van der Waals surface area contributed by atoms with E-state index in [1.165, 1.54) is 0 Å². The third-order valence-electron chi connectivity index (χ3n) is 2.49. The first kappa shape index (κ1) is 14.6. The Hall–Kier alpha value is -0.480. The number of hydrogen-bond acceptors (Lipinski definition) is 3. The topological polar surface area (TPSA) is 41.5 Å². The van der Waals surface area contributed by atoms with Crippen LogP contribution in [0.3, 0.4) is 0 Å². The van der Waals surface area contributed by atoms with Gasteiger partial charge in [-0.3, -0.25) is 0 Å². The van der Waals surface area contributed by atoms with Crippen molar-refractivity contribution < 1.29 is 9.84 Å². The number of rotatable bonds is 6. The summed E-state index contributed by atoms with van der Waals surface area (Å²) >= 11 is 11.8. The lowest BCUT2D eigenvalue weighted by Crippen LogP contribution is -2.40. The fourth-order valence-electron chi connectivity index (χ4n) is 1.33. The Morgan fingerprint density at radius 2 is 2.06 bits per heavy atom. The maximum absolute atomic E-state index is 8.72. The zero-order chi connectivity index (χ0) is 12.8. The Morgan fingerprint density at radius 1 is 1.35 bits per heavy atom. The van der Waals surface area contributed by atoms with Gasteiger partial charge in [0.2, 0.25) is 0 Å². The van der Waals surface area contributed by atoms with Gasteiger partial charge in [-0.25, -0.2) is 0 Å². The van der Waals surface area contributed by atoms with Crippen molar-refractivity contribution in [3.8, 4) is 5.75 Å². The summed E-state index contributed by atoms with van der Waals surface area (Å²) in [6.45, 7) is 4.59. The van der Waals surface area contributed by atoms with Crippen LogP contribution in [0.4, 0.5) is 0 Å². The fourth-order valence-corrected chi connectivity index (χ4v) is 1.78. The van der Waals surface area contributed by atoms with E-state index in [1.807, 2.05) is 13.8 Å². The van der Waals surface area contributed by atoms with Crippen molar-refractivity contribution in [3.05, 3.63) is 28.2 Å². The summed E-state index contributed by atoms with van der Waals surface area (Å²) in [6, 6.07) is 5.26. The molecule has 17 heavy (non-hydrogen) atoms. The van der Waals surface area contributed by atoms with Gasteiger partial charge in [-0.1, -0.05) is 23.2 Å². The van der Waals surface area contributed by atoms with E-state index < -0.39 is 0 Å². The van der Waals surface area contributed by atoms with Crippen molar-refractivity contribution >= 4 is 23.2 Å². The molecular weight excluding hydrogens is 261 g/mol. The number of benzene rings is 1. The van der Waals surface area contributed by atoms with Crippen LogP contribution in [-0.4, -0.2) is 30.4 Å². The Labute approximate surface area is 112 Å². The highest BCUT2D eigenvalue weighted by Gasteiger charge is 2.14. The molecule has 0 aromatic heterocycles. The number of aliphatic hydroxyl groups excluding tert-OH is 1. The number of hydrogen-bond donors (Lipinski definition) is 2. The minimum atomic E-state index is -0.0553. The van der Waals surface area contributed by atoms with Crippen molar-refractivity contribution in [1.29, 1.82) is 0 Å². The zero-order valence-electron chi connectivity index (χ0n) is 9.91. The van der Waals surface area contributed by atoms with E-state index in [4.69, 9.17) is 33.0 Å². The van der Waals surface area contributed by atoms with E-state index in [2.05, 4.69) is 5.32 Å². The number of aliphatic hydroxyl groups is 1. The molecule has 1 rings (SSSR count). The first-order valence-corrected chi connectivity index (χ1v) is 6.26. The van der Waals surface area contributed by atoms with E-state index in [0.29, 0.717) is 22.3 Å². The van der Waals surface area contributed by atoms with Crippen LogP contribution in [0.5, 0.6) is 5.75 Å². The van der Waals surface area contributed by atoms with Gasteiger partial charge in [0.1, 0.15) is 11.9 Å². The van der Waals surface area contributed by atoms with Crippen molar-refractivity contribution in [2.45, 2.75) is 26.0 Å². The van der Waals surface area contributed by atoms with E-state index in [0.717, 1.165) is 0 Å². The molecule has 0 heterocycles. The van der Waals surface area contributed by atoms with Gasteiger partial charge in [-0.2, -0.15) is 0 Å². The smallest absolute Gasteiger partial charge is 0.138 e. The molecule has 3 nitrogen and oxygen atoms in total. The molecule has 0 fully saturated rings. The first-order valence-electron chi connectivity index (χ1n) is 5.50. The van der Waals surface area contributed by atoms with Crippen molar-refractivity contribution in [3.63, 3.8) is 0 Å². The summed E-state index contributed by atoms with van der Waals surface area (Å²) in [5, 5.41) is 12.9. The average molecular weight is 278 g/mol. The molecule has 2 N–H and O–H groups in total. The molecule has 0 saturated carbocycles. The van der Waals surface area contributed by atoms with E-state index in [1.54, 1.807) is 18.2 Å². The average Bonchev–Trinajstić information content (AvgIpc) is 2.29. The predicted molar refractivity (Wildman–Crippen MR) is 71.1 cm³/mol. The van der Waals surface area contributed by atoms with Crippen LogP contribution < -0.4 is 10.1 Å².